The van der Waals surface area contributed by atoms with Gasteiger partial charge in [0.05, 0.1) is 13.2 Å². The maximum absolute atomic E-state index is 10.0. The number of hydrogen-bond acceptors (Lipinski definition) is 7. The highest BCUT2D eigenvalue weighted by Gasteiger charge is 2.11. The minimum atomic E-state index is -0.593. The summed E-state index contributed by atoms with van der Waals surface area (Å²) in [7, 11) is 1.60. The molecule has 23 heavy (non-hydrogen) atoms. The third kappa shape index (κ3) is 5.53. The Bertz CT molecular complexity index is 659. The van der Waals surface area contributed by atoms with E-state index in [4.69, 9.17) is 9.47 Å². The highest BCUT2D eigenvalue weighted by atomic mass is 32.2. The molecule has 2 aromatic rings. The van der Waals surface area contributed by atoms with Crippen LogP contribution >= 0.6 is 23.1 Å². The molecule has 0 radical (unpaired) electrons. The summed E-state index contributed by atoms with van der Waals surface area (Å²) in [6.07, 6.45) is 3.36. The van der Waals surface area contributed by atoms with Gasteiger partial charge < -0.3 is 14.6 Å². The van der Waals surface area contributed by atoms with Crippen LogP contribution in [0.4, 0.5) is 0 Å². The maximum atomic E-state index is 10.0. The maximum Gasteiger partial charge on any atom is 0.174 e. The van der Waals surface area contributed by atoms with Crippen molar-refractivity contribution >= 4 is 29.2 Å². The monoisotopic (exact) mass is 352 g/mol. The minimum Gasteiger partial charge on any atom is -0.493 e. The fourth-order valence-electron chi connectivity index (χ4n) is 1.84. The lowest BCUT2D eigenvalue weighted by molar-refractivity contribution is 0.124. The Hall–Kier alpha value is -1.57. The van der Waals surface area contributed by atoms with Crippen molar-refractivity contribution in [1.29, 1.82) is 0 Å². The van der Waals surface area contributed by atoms with Crippen LogP contribution < -0.4 is 9.47 Å². The summed E-state index contributed by atoms with van der Waals surface area (Å²) in [4.78, 5) is 0. The second kappa shape index (κ2) is 8.90. The van der Waals surface area contributed by atoms with Crippen molar-refractivity contribution in [3.05, 3.63) is 34.8 Å². The van der Waals surface area contributed by atoms with Crippen molar-refractivity contribution in [2.75, 3.05) is 19.5 Å². The van der Waals surface area contributed by atoms with Gasteiger partial charge in [-0.05, 0) is 31.5 Å². The van der Waals surface area contributed by atoms with Gasteiger partial charge in [-0.25, -0.2) is 0 Å². The quantitative estimate of drug-likeness (QED) is 0.735. The SMILES string of the molecule is C/C=C/c1ccc(OCC(O)CSc2nnc(C)s2)c(OC)c1. The first kappa shape index (κ1) is 17.8. The lowest BCUT2D eigenvalue weighted by atomic mass is 10.2. The molecule has 1 unspecified atom stereocenters. The second-order valence-electron chi connectivity index (χ2n) is 4.77. The van der Waals surface area contributed by atoms with Crippen LogP contribution in [0.15, 0.2) is 28.6 Å². The van der Waals surface area contributed by atoms with Gasteiger partial charge in [0.25, 0.3) is 0 Å². The van der Waals surface area contributed by atoms with Gasteiger partial charge in [-0.2, -0.15) is 0 Å². The molecule has 0 amide bonds. The van der Waals surface area contributed by atoms with Crippen LogP contribution in [0.2, 0.25) is 0 Å². The summed E-state index contributed by atoms with van der Waals surface area (Å²) in [5.74, 6) is 1.78. The number of methoxy groups -OCH3 is 1. The van der Waals surface area contributed by atoms with Gasteiger partial charge in [0.1, 0.15) is 11.6 Å². The number of aliphatic hydroxyl groups is 1. The molecule has 0 bridgehead atoms. The number of aliphatic hydroxyl groups excluding tert-OH is 1. The summed E-state index contributed by atoms with van der Waals surface area (Å²) in [6, 6.07) is 5.70. The van der Waals surface area contributed by atoms with Crippen LogP contribution in [-0.2, 0) is 0 Å². The zero-order valence-electron chi connectivity index (χ0n) is 13.4. The molecule has 0 saturated heterocycles. The smallest absolute Gasteiger partial charge is 0.174 e. The molecule has 1 aromatic carbocycles. The summed E-state index contributed by atoms with van der Waals surface area (Å²) in [5, 5.41) is 18.9. The Labute approximate surface area is 144 Å². The van der Waals surface area contributed by atoms with Gasteiger partial charge in [0.2, 0.25) is 0 Å². The second-order valence-corrected chi connectivity index (χ2v) is 7.22. The van der Waals surface area contributed by atoms with Crippen molar-refractivity contribution in [3.63, 3.8) is 0 Å². The normalized spacial score (nSPS) is 12.5. The van der Waals surface area contributed by atoms with E-state index in [2.05, 4.69) is 10.2 Å². The Morgan fingerprint density at radius 2 is 2.17 bits per heavy atom. The Balaban J connectivity index is 1.86. The summed E-state index contributed by atoms with van der Waals surface area (Å²) in [5.41, 5.74) is 1.04. The van der Waals surface area contributed by atoms with Crippen molar-refractivity contribution < 1.29 is 14.6 Å². The highest BCUT2D eigenvalue weighted by molar-refractivity contribution is 8.01. The lowest BCUT2D eigenvalue weighted by Crippen LogP contribution is -2.20. The number of rotatable bonds is 8. The first-order chi connectivity index (χ1) is 11.1. The van der Waals surface area contributed by atoms with Gasteiger partial charge in [0.15, 0.2) is 15.8 Å². The molecule has 1 heterocycles. The molecule has 0 aliphatic heterocycles. The van der Waals surface area contributed by atoms with E-state index in [1.807, 2.05) is 44.2 Å². The Morgan fingerprint density at radius 1 is 1.35 bits per heavy atom. The standard InChI is InChI=1S/C16H20N2O3S2/c1-4-5-12-6-7-14(15(8-12)20-3)21-9-13(19)10-22-16-18-17-11(2)23-16/h4-8,13,19H,9-10H2,1-3H3/b5-4+. The van der Waals surface area contributed by atoms with E-state index in [9.17, 15) is 5.11 Å². The molecule has 0 saturated carbocycles. The van der Waals surface area contributed by atoms with Crippen LogP contribution in [-0.4, -0.2) is 40.9 Å². The first-order valence-electron chi connectivity index (χ1n) is 7.17. The van der Waals surface area contributed by atoms with Crippen molar-refractivity contribution in [1.82, 2.24) is 10.2 Å². The predicted molar refractivity (Wildman–Crippen MR) is 94.6 cm³/mol. The number of nitrogens with zero attached hydrogens (tertiary/aromatic N) is 2. The topological polar surface area (TPSA) is 64.5 Å². The minimum absolute atomic E-state index is 0.199. The fraction of sp³-hybridized carbons (Fsp3) is 0.375. The predicted octanol–water partition coefficient (Wildman–Crippen LogP) is 3.42. The molecule has 1 atom stereocenters. The Kier molecular flexibility index (Phi) is 6.88. The molecule has 1 N–H and O–H groups in total. The number of thioether (sulfide) groups is 1. The zero-order chi connectivity index (χ0) is 16.7. The molecule has 0 fully saturated rings. The first-order valence-corrected chi connectivity index (χ1v) is 8.97. The molecule has 7 heteroatoms. The van der Waals surface area contributed by atoms with Crippen LogP contribution in [0.3, 0.4) is 0 Å². The van der Waals surface area contributed by atoms with E-state index < -0.39 is 6.10 Å². The van der Waals surface area contributed by atoms with Crippen molar-refractivity contribution in [3.8, 4) is 11.5 Å². The molecular weight excluding hydrogens is 332 g/mol. The lowest BCUT2D eigenvalue weighted by Gasteiger charge is -2.14. The van der Waals surface area contributed by atoms with Crippen LogP contribution in [0.1, 0.15) is 17.5 Å². The average Bonchev–Trinajstić information content (AvgIpc) is 2.97. The highest BCUT2D eigenvalue weighted by Crippen LogP contribution is 2.29. The fourth-order valence-corrected chi connectivity index (χ4v) is 3.59. The molecule has 0 spiro atoms. The number of aryl methyl sites for hydroxylation is 1. The van der Waals surface area contributed by atoms with Crippen molar-refractivity contribution in [2.45, 2.75) is 24.3 Å². The van der Waals surface area contributed by atoms with Gasteiger partial charge in [0, 0.05) is 5.75 Å². The number of allylic oxidation sites excluding steroid dienone is 1. The van der Waals surface area contributed by atoms with E-state index in [1.165, 1.54) is 23.1 Å². The van der Waals surface area contributed by atoms with Gasteiger partial charge in [-0.15, -0.1) is 10.2 Å². The molecule has 0 aliphatic carbocycles. The molecule has 124 valence electrons. The number of ether oxygens (including phenoxy) is 2. The third-order valence-electron chi connectivity index (χ3n) is 2.88. The van der Waals surface area contributed by atoms with E-state index in [-0.39, 0.29) is 6.61 Å². The van der Waals surface area contributed by atoms with Crippen LogP contribution in [0.25, 0.3) is 6.08 Å². The number of benzene rings is 1. The summed E-state index contributed by atoms with van der Waals surface area (Å²) >= 11 is 3.00. The van der Waals surface area contributed by atoms with Crippen LogP contribution in [0.5, 0.6) is 11.5 Å². The molecular formula is C16H20N2O3S2. The van der Waals surface area contributed by atoms with Crippen LogP contribution in [0, 0.1) is 6.92 Å². The number of aromatic nitrogens is 2. The Morgan fingerprint density at radius 3 is 2.83 bits per heavy atom. The third-order valence-corrected chi connectivity index (χ3v) is 5.00. The summed E-state index contributed by atoms with van der Waals surface area (Å²) < 4.78 is 11.9. The van der Waals surface area contributed by atoms with E-state index in [0.717, 1.165) is 14.9 Å². The summed E-state index contributed by atoms with van der Waals surface area (Å²) in [6.45, 7) is 4.07. The average molecular weight is 352 g/mol. The van der Waals surface area contributed by atoms with E-state index in [0.29, 0.717) is 17.3 Å². The molecule has 5 nitrogen and oxygen atoms in total. The van der Waals surface area contributed by atoms with Crippen molar-refractivity contribution in [2.24, 2.45) is 0 Å². The van der Waals surface area contributed by atoms with Gasteiger partial charge in [-0.3, -0.25) is 0 Å². The zero-order valence-corrected chi connectivity index (χ0v) is 15.0. The molecule has 0 aliphatic rings. The molecule has 2 rings (SSSR count). The molecule has 1 aromatic heterocycles. The van der Waals surface area contributed by atoms with E-state index >= 15 is 0 Å². The van der Waals surface area contributed by atoms with Gasteiger partial charge in [-0.1, -0.05) is 41.3 Å². The number of hydrogen-bond donors (Lipinski definition) is 1. The van der Waals surface area contributed by atoms with E-state index in [1.54, 1.807) is 7.11 Å². The van der Waals surface area contributed by atoms with Gasteiger partial charge >= 0.3 is 0 Å². The largest absolute Gasteiger partial charge is 0.493 e.